The van der Waals surface area contributed by atoms with E-state index in [0.29, 0.717) is 17.0 Å². The maximum atomic E-state index is 11.7. The number of ether oxygens (including phenoxy) is 1. The molecule has 3 aromatic rings. The highest BCUT2D eigenvalue weighted by atomic mass is 31.2. The van der Waals surface area contributed by atoms with Crippen molar-refractivity contribution < 1.29 is 28.3 Å². The van der Waals surface area contributed by atoms with Gasteiger partial charge in [-0.3, -0.25) is 13.6 Å². The van der Waals surface area contributed by atoms with Gasteiger partial charge in [0.2, 0.25) is 0 Å². The molecule has 1 unspecified atom stereocenters. The number of fused-ring (bicyclic) bond motifs is 2. The molecule has 2 aromatic heterocycles. The number of imidazole rings is 1. The maximum Gasteiger partial charge on any atom is 0.472 e. The molecule has 11 nitrogen and oxygen atoms in total. The summed E-state index contributed by atoms with van der Waals surface area (Å²) in [5, 5.41) is 14.0. The number of hydrogen-bond acceptors (Lipinski definition) is 9. The highest BCUT2D eigenvalue weighted by Gasteiger charge is 2.52. The Bertz CT molecular complexity index is 1130. The van der Waals surface area contributed by atoms with Gasteiger partial charge in [-0.1, -0.05) is 30.3 Å². The van der Waals surface area contributed by atoms with Gasteiger partial charge in [-0.2, -0.15) is 0 Å². The number of anilines is 1. The topological polar surface area (TPSA) is 141 Å². The number of nitrogens with zero attached hydrogens (tertiary/aromatic N) is 4. The van der Waals surface area contributed by atoms with E-state index in [9.17, 15) is 14.6 Å². The smallest absolute Gasteiger partial charge is 0.386 e. The number of hydrogen-bond donors (Lipinski definition) is 3. The van der Waals surface area contributed by atoms with Crippen LogP contribution in [0.4, 0.5) is 5.82 Å². The van der Waals surface area contributed by atoms with Crippen molar-refractivity contribution in [1.82, 2.24) is 19.5 Å². The lowest BCUT2D eigenvalue weighted by molar-refractivity contribution is -0.0664. The van der Waals surface area contributed by atoms with Crippen LogP contribution in [0.1, 0.15) is 18.7 Å². The Balaban J connectivity index is 1.38. The number of benzene rings is 1. The lowest BCUT2D eigenvalue weighted by atomic mass is 10.1. The molecule has 1 aromatic carbocycles. The zero-order chi connectivity index (χ0) is 21.6. The summed E-state index contributed by atoms with van der Waals surface area (Å²) in [6.07, 6.45) is -0.0552. The van der Waals surface area contributed by atoms with Crippen LogP contribution in [0.25, 0.3) is 11.2 Å². The van der Waals surface area contributed by atoms with Gasteiger partial charge < -0.3 is 20.1 Å². The summed E-state index contributed by atoms with van der Waals surface area (Å²) in [5.74, 6) is 0.566. The minimum Gasteiger partial charge on any atom is -0.386 e. The molecule has 0 saturated carbocycles. The molecule has 5 rings (SSSR count). The van der Waals surface area contributed by atoms with E-state index in [1.54, 1.807) is 4.57 Å². The zero-order valence-corrected chi connectivity index (χ0v) is 17.5. The lowest BCUT2D eigenvalue weighted by Crippen LogP contribution is -2.39. The van der Waals surface area contributed by atoms with Gasteiger partial charge in [-0.15, -0.1) is 0 Å². The fraction of sp³-hybridized carbons (Fsp3) is 0.421. The van der Waals surface area contributed by atoms with Crippen LogP contribution in [0.5, 0.6) is 0 Å². The van der Waals surface area contributed by atoms with Gasteiger partial charge in [-0.25, -0.2) is 19.5 Å². The first-order chi connectivity index (χ1) is 14.9. The first kappa shape index (κ1) is 20.5. The first-order valence-electron chi connectivity index (χ1n) is 9.88. The fourth-order valence-electron chi connectivity index (χ4n) is 3.96. The molecule has 2 aliphatic heterocycles. The van der Waals surface area contributed by atoms with Crippen molar-refractivity contribution in [2.24, 2.45) is 0 Å². The second-order valence-electron chi connectivity index (χ2n) is 7.67. The second kappa shape index (κ2) is 7.94. The third-order valence-electron chi connectivity index (χ3n) is 5.37. The molecule has 3 N–H and O–H groups in total. The summed E-state index contributed by atoms with van der Waals surface area (Å²) in [7, 11) is -4.20. The maximum absolute atomic E-state index is 11.7. The number of nitrogens with one attached hydrogen (secondary N) is 1. The lowest BCUT2D eigenvalue weighted by Gasteiger charge is -2.27. The molecule has 0 radical (unpaired) electrons. The van der Waals surface area contributed by atoms with E-state index in [1.165, 1.54) is 18.2 Å². The summed E-state index contributed by atoms with van der Waals surface area (Å²) in [4.78, 5) is 22.6. The van der Waals surface area contributed by atoms with Crippen LogP contribution in [0, 0.1) is 0 Å². The molecule has 2 fully saturated rings. The van der Waals surface area contributed by atoms with E-state index >= 15 is 0 Å². The second-order valence-corrected chi connectivity index (χ2v) is 9.08. The zero-order valence-electron chi connectivity index (χ0n) is 16.6. The summed E-state index contributed by atoms with van der Waals surface area (Å²) in [5.41, 5.74) is 2.19. The molecule has 6 atom stereocenters. The van der Waals surface area contributed by atoms with Gasteiger partial charge in [0.15, 0.2) is 23.2 Å². The van der Waals surface area contributed by atoms with Crippen molar-refractivity contribution >= 4 is 24.8 Å². The van der Waals surface area contributed by atoms with Crippen LogP contribution in [-0.2, 0) is 24.8 Å². The number of phosphoric acid groups is 1. The van der Waals surface area contributed by atoms with E-state index < -0.39 is 32.4 Å². The molecule has 0 bridgehead atoms. The number of rotatable bonds is 5. The largest absolute Gasteiger partial charge is 0.472 e. The highest BCUT2D eigenvalue weighted by molar-refractivity contribution is 7.47. The van der Waals surface area contributed by atoms with Crippen LogP contribution in [0.2, 0.25) is 0 Å². The molecule has 2 aliphatic rings. The number of phosphoric ester groups is 1. The Labute approximate surface area is 177 Å². The SMILES string of the molecule is C[C@H](Cc1ccccc1)Nc1ncnc2c1ncn2[C@@H]1O[C@H]2COP(=O)(O)O[C@@H]2[C@H]1O. The van der Waals surface area contributed by atoms with Gasteiger partial charge in [0, 0.05) is 6.04 Å². The standard InChI is InChI=1S/C19H22N5O6P/c1-11(7-12-5-3-2-4-6-12)23-17-14-18(21-9-20-17)24(10-22-14)19-15(25)16-13(29-19)8-28-31(26,27)30-16/h2-6,9-11,13,15-16,19,25H,7-8H2,1H3,(H,26,27)(H,20,21,23)/t11-,13+,15-,16+,19-/m1/s1. The molecule has 0 spiro atoms. The third-order valence-corrected chi connectivity index (χ3v) is 6.35. The van der Waals surface area contributed by atoms with Crippen molar-refractivity contribution in [1.29, 1.82) is 0 Å². The van der Waals surface area contributed by atoms with E-state index in [-0.39, 0.29) is 12.6 Å². The fourth-order valence-corrected chi connectivity index (χ4v) is 4.93. The Kier molecular flexibility index (Phi) is 5.25. The molecule has 164 valence electrons. The molecule has 12 heteroatoms. The quantitative estimate of drug-likeness (QED) is 0.494. The Morgan fingerprint density at radius 1 is 1.29 bits per heavy atom. The number of aromatic nitrogens is 4. The molecule has 31 heavy (non-hydrogen) atoms. The summed E-state index contributed by atoms with van der Waals surface area (Å²) in [6, 6.07) is 10.2. The first-order valence-corrected chi connectivity index (χ1v) is 11.4. The highest BCUT2D eigenvalue weighted by Crippen LogP contribution is 2.52. The van der Waals surface area contributed by atoms with Crippen molar-refractivity contribution in [3.8, 4) is 0 Å². The average molecular weight is 447 g/mol. The van der Waals surface area contributed by atoms with Gasteiger partial charge in [0.05, 0.1) is 12.9 Å². The van der Waals surface area contributed by atoms with E-state index in [0.717, 1.165) is 6.42 Å². The molecular formula is C19H22N5O6P. The molecule has 0 amide bonds. The van der Waals surface area contributed by atoms with E-state index in [2.05, 4.69) is 39.3 Å². The normalized spacial score (nSPS) is 31.5. The summed E-state index contributed by atoms with van der Waals surface area (Å²) < 4.78 is 28.9. The molecule has 4 heterocycles. The average Bonchev–Trinajstić information content (AvgIpc) is 3.30. The monoisotopic (exact) mass is 447 g/mol. The Hall–Kier alpha value is -2.40. The van der Waals surface area contributed by atoms with Gasteiger partial charge in [0.25, 0.3) is 0 Å². The van der Waals surface area contributed by atoms with Crippen molar-refractivity contribution in [2.75, 3.05) is 11.9 Å². The number of aliphatic hydroxyl groups is 1. The van der Waals surface area contributed by atoms with Crippen LogP contribution in [0.3, 0.4) is 0 Å². The van der Waals surface area contributed by atoms with Crippen LogP contribution in [-0.4, -0.2) is 60.5 Å². The van der Waals surface area contributed by atoms with Crippen LogP contribution >= 0.6 is 7.82 Å². The van der Waals surface area contributed by atoms with Gasteiger partial charge in [0.1, 0.15) is 24.6 Å². The van der Waals surface area contributed by atoms with Crippen molar-refractivity contribution in [3.05, 3.63) is 48.5 Å². The van der Waals surface area contributed by atoms with Gasteiger partial charge in [-0.05, 0) is 18.9 Å². The molecule has 2 saturated heterocycles. The van der Waals surface area contributed by atoms with Crippen molar-refractivity contribution in [3.63, 3.8) is 0 Å². The predicted octanol–water partition coefficient (Wildman–Crippen LogP) is 1.64. The minimum absolute atomic E-state index is 0.0890. The van der Waals surface area contributed by atoms with Gasteiger partial charge >= 0.3 is 7.82 Å². The minimum atomic E-state index is -4.20. The van der Waals surface area contributed by atoms with Crippen LogP contribution < -0.4 is 5.32 Å². The number of aliphatic hydroxyl groups excluding tert-OH is 1. The summed E-state index contributed by atoms with van der Waals surface area (Å²) in [6.45, 7) is 1.90. The Morgan fingerprint density at radius 3 is 2.90 bits per heavy atom. The molecular weight excluding hydrogens is 425 g/mol. The van der Waals surface area contributed by atoms with E-state index in [4.69, 9.17) is 13.8 Å². The van der Waals surface area contributed by atoms with Crippen molar-refractivity contribution in [2.45, 2.75) is 43.9 Å². The molecule has 0 aliphatic carbocycles. The third kappa shape index (κ3) is 3.96. The van der Waals surface area contributed by atoms with Crippen LogP contribution in [0.15, 0.2) is 43.0 Å². The predicted molar refractivity (Wildman–Crippen MR) is 109 cm³/mol. The summed E-state index contributed by atoms with van der Waals surface area (Å²) >= 11 is 0. The van der Waals surface area contributed by atoms with E-state index in [1.807, 2.05) is 18.2 Å². The Morgan fingerprint density at radius 2 is 2.10 bits per heavy atom.